The summed E-state index contributed by atoms with van der Waals surface area (Å²) < 4.78 is 5.09. The van der Waals surface area contributed by atoms with Crippen molar-refractivity contribution in [3.05, 3.63) is 35.7 Å². The first-order valence-electron chi connectivity index (χ1n) is 6.17. The molecular formula is C14H18N2O2. The van der Waals surface area contributed by atoms with Crippen molar-refractivity contribution in [2.24, 2.45) is 0 Å². The van der Waals surface area contributed by atoms with Crippen LogP contribution in [0.3, 0.4) is 0 Å². The van der Waals surface area contributed by atoms with Crippen molar-refractivity contribution in [1.82, 2.24) is 10.1 Å². The van der Waals surface area contributed by atoms with Crippen molar-refractivity contribution < 1.29 is 9.63 Å². The van der Waals surface area contributed by atoms with Crippen molar-refractivity contribution in [1.29, 1.82) is 0 Å². The Balaban J connectivity index is 2.18. The lowest BCUT2D eigenvalue weighted by Gasteiger charge is -2.04. The van der Waals surface area contributed by atoms with Gasteiger partial charge in [-0.15, -0.1) is 0 Å². The van der Waals surface area contributed by atoms with E-state index in [9.17, 15) is 5.11 Å². The standard InChI is InChI=1S/C14H18N2O2/c1-9(2)11-4-6-12(7-5-11)14-15-13(18-16-14)8-10(3)17/h4-7,9-10,17H,8H2,1-3H3. The van der Waals surface area contributed by atoms with Crippen LogP contribution >= 0.6 is 0 Å². The Bertz CT molecular complexity index is 501. The third-order valence-electron chi connectivity index (χ3n) is 2.77. The summed E-state index contributed by atoms with van der Waals surface area (Å²) in [5.74, 6) is 1.55. The Morgan fingerprint density at radius 2 is 1.83 bits per heavy atom. The zero-order valence-electron chi connectivity index (χ0n) is 10.9. The third-order valence-corrected chi connectivity index (χ3v) is 2.77. The molecule has 0 bridgehead atoms. The van der Waals surface area contributed by atoms with E-state index in [1.165, 1.54) is 5.56 Å². The Labute approximate surface area is 107 Å². The normalized spacial score (nSPS) is 12.9. The largest absolute Gasteiger partial charge is 0.393 e. The number of hydrogen-bond donors (Lipinski definition) is 1. The molecule has 4 nitrogen and oxygen atoms in total. The zero-order valence-corrected chi connectivity index (χ0v) is 10.9. The summed E-state index contributed by atoms with van der Waals surface area (Å²) in [5, 5.41) is 13.2. The van der Waals surface area contributed by atoms with Crippen molar-refractivity contribution in [2.45, 2.75) is 39.2 Å². The van der Waals surface area contributed by atoms with E-state index >= 15 is 0 Å². The van der Waals surface area contributed by atoms with E-state index in [-0.39, 0.29) is 0 Å². The molecule has 4 heteroatoms. The SMILES string of the molecule is CC(O)Cc1nc(-c2ccc(C(C)C)cc2)no1. The van der Waals surface area contributed by atoms with Crippen LogP contribution < -0.4 is 0 Å². The highest BCUT2D eigenvalue weighted by atomic mass is 16.5. The van der Waals surface area contributed by atoms with E-state index < -0.39 is 6.10 Å². The summed E-state index contributed by atoms with van der Waals surface area (Å²) >= 11 is 0. The topological polar surface area (TPSA) is 59.2 Å². The molecule has 0 amide bonds. The second-order valence-corrected chi connectivity index (χ2v) is 4.84. The number of benzene rings is 1. The fraction of sp³-hybridized carbons (Fsp3) is 0.429. The fourth-order valence-corrected chi connectivity index (χ4v) is 1.72. The molecule has 0 radical (unpaired) electrons. The van der Waals surface area contributed by atoms with E-state index in [2.05, 4.69) is 36.1 Å². The Morgan fingerprint density at radius 3 is 2.39 bits per heavy atom. The van der Waals surface area contributed by atoms with E-state index in [1.54, 1.807) is 6.92 Å². The van der Waals surface area contributed by atoms with Gasteiger partial charge in [0, 0.05) is 5.56 Å². The average molecular weight is 246 g/mol. The number of aliphatic hydroxyl groups excluding tert-OH is 1. The molecular weight excluding hydrogens is 228 g/mol. The van der Waals surface area contributed by atoms with Crippen molar-refractivity contribution >= 4 is 0 Å². The smallest absolute Gasteiger partial charge is 0.229 e. The summed E-state index contributed by atoms with van der Waals surface area (Å²) in [5.41, 5.74) is 2.21. The molecule has 1 N–H and O–H groups in total. The van der Waals surface area contributed by atoms with Gasteiger partial charge >= 0.3 is 0 Å². The lowest BCUT2D eigenvalue weighted by atomic mass is 10.0. The summed E-state index contributed by atoms with van der Waals surface area (Å²) in [7, 11) is 0. The molecule has 1 heterocycles. The van der Waals surface area contributed by atoms with Gasteiger partial charge in [0.05, 0.1) is 12.5 Å². The first-order valence-corrected chi connectivity index (χ1v) is 6.17. The molecule has 1 unspecified atom stereocenters. The molecule has 1 atom stereocenters. The first kappa shape index (κ1) is 12.8. The molecule has 0 aliphatic heterocycles. The highest BCUT2D eigenvalue weighted by Crippen LogP contribution is 2.20. The van der Waals surface area contributed by atoms with Gasteiger partial charge in [-0.25, -0.2) is 0 Å². The minimum atomic E-state index is -0.471. The molecule has 2 rings (SSSR count). The van der Waals surface area contributed by atoms with Gasteiger partial charge in [0.2, 0.25) is 11.7 Å². The average Bonchev–Trinajstić information content (AvgIpc) is 2.76. The number of aliphatic hydroxyl groups is 1. The molecule has 2 aromatic rings. The Hall–Kier alpha value is -1.68. The van der Waals surface area contributed by atoms with Crippen LogP contribution in [-0.2, 0) is 6.42 Å². The second kappa shape index (κ2) is 5.31. The minimum Gasteiger partial charge on any atom is -0.393 e. The van der Waals surface area contributed by atoms with E-state index in [1.807, 2.05) is 12.1 Å². The molecule has 0 aliphatic carbocycles. The van der Waals surface area contributed by atoms with Gasteiger partial charge in [-0.1, -0.05) is 43.3 Å². The first-order chi connectivity index (χ1) is 8.56. The van der Waals surface area contributed by atoms with Gasteiger partial charge in [0.25, 0.3) is 0 Å². The maximum Gasteiger partial charge on any atom is 0.229 e. The minimum absolute atomic E-state index is 0.386. The number of hydrogen-bond acceptors (Lipinski definition) is 4. The fourth-order valence-electron chi connectivity index (χ4n) is 1.72. The molecule has 0 fully saturated rings. The summed E-state index contributed by atoms with van der Waals surface area (Å²) in [6.07, 6.45) is -0.0847. The lowest BCUT2D eigenvalue weighted by molar-refractivity contribution is 0.181. The van der Waals surface area contributed by atoms with E-state index in [0.717, 1.165) is 5.56 Å². The van der Waals surface area contributed by atoms with Crippen molar-refractivity contribution in [3.63, 3.8) is 0 Å². The third kappa shape index (κ3) is 2.96. The van der Waals surface area contributed by atoms with Gasteiger partial charge in [-0.3, -0.25) is 0 Å². The zero-order chi connectivity index (χ0) is 13.1. The van der Waals surface area contributed by atoms with Gasteiger partial charge < -0.3 is 9.63 Å². The highest BCUT2D eigenvalue weighted by Gasteiger charge is 2.10. The molecule has 0 aliphatic rings. The van der Waals surface area contributed by atoms with Crippen LogP contribution in [0.4, 0.5) is 0 Å². The van der Waals surface area contributed by atoms with E-state index in [0.29, 0.717) is 24.1 Å². The van der Waals surface area contributed by atoms with Crippen molar-refractivity contribution in [2.75, 3.05) is 0 Å². The molecule has 1 aromatic heterocycles. The van der Waals surface area contributed by atoms with E-state index in [4.69, 9.17) is 4.52 Å². The van der Waals surface area contributed by atoms with Gasteiger partial charge in [-0.2, -0.15) is 4.98 Å². The monoisotopic (exact) mass is 246 g/mol. The molecule has 18 heavy (non-hydrogen) atoms. The summed E-state index contributed by atoms with van der Waals surface area (Å²) in [6, 6.07) is 8.13. The van der Waals surface area contributed by atoms with Crippen LogP contribution in [0.15, 0.2) is 28.8 Å². The number of aromatic nitrogens is 2. The summed E-state index contributed by atoms with van der Waals surface area (Å²) in [4.78, 5) is 4.26. The molecule has 0 spiro atoms. The maximum absolute atomic E-state index is 9.26. The van der Waals surface area contributed by atoms with Crippen LogP contribution in [-0.4, -0.2) is 21.4 Å². The number of nitrogens with zero attached hydrogens (tertiary/aromatic N) is 2. The van der Waals surface area contributed by atoms with Gasteiger partial charge in [-0.05, 0) is 18.4 Å². The predicted molar refractivity (Wildman–Crippen MR) is 69.2 cm³/mol. The van der Waals surface area contributed by atoms with Crippen molar-refractivity contribution in [3.8, 4) is 11.4 Å². The van der Waals surface area contributed by atoms with Crippen LogP contribution in [0.1, 0.15) is 38.1 Å². The Morgan fingerprint density at radius 1 is 1.17 bits per heavy atom. The molecule has 0 saturated heterocycles. The quantitative estimate of drug-likeness (QED) is 0.901. The lowest BCUT2D eigenvalue weighted by Crippen LogP contribution is -2.04. The highest BCUT2D eigenvalue weighted by molar-refractivity contribution is 5.54. The molecule has 0 saturated carbocycles. The number of rotatable bonds is 4. The molecule has 1 aromatic carbocycles. The van der Waals surface area contributed by atoms with Crippen LogP contribution in [0.2, 0.25) is 0 Å². The van der Waals surface area contributed by atoms with Crippen LogP contribution in [0.5, 0.6) is 0 Å². The molecule has 96 valence electrons. The van der Waals surface area contributed by atoms with Crippen LogP contribution in [0, 0.1) is 0 Å². The second-order valence-electron chi connectivity index (χ2n) is 4.84. The summed E-state index contributed by atoms with van der Waals surface area (Å²) in [6.45, 7) is 6.01. The van der Waals surface area contributed by atoms with Gasteiger partial charge in [0.1, 0.15) is 0 Å². The van der Waals surface area contributed by atoms with Gasteiger partial charge in [0.15, 0.2) is 0 Å². The Kier molecular flexibility index (Phi) is 3.77. The predicted octanol–water partition coefficient (Wildman–Crippen LogP) is 2.78. The van der Waals surface area contributed by atoms with Crippen LogP contribution in [0.25, 0.3) is 11.4 Å². The maximum atomic E-state index is 9.26.